The van der Waals surface area contributed by atoms with Gasteiger partial charge in [-0.15, -0.1) is 0 Å². The molecule has 2 N–H and O–H groups in total. The van der Waals surface area contributed by atoms with E-state index in [2.05, 4.69) is 12.2 Å². The first-order chi connectivity index (χ1) is 5.08. The molecule has 1 fully saturated rings. The molecule has 0 atom stereocenters. The molecule has 0 aromatic heterocycles. The van der Waals surface area contributed by atoms with E-state index < -0.39 is 5.97 Å². The topological polar surface area (TPSA) is 49.3 Å². The molecule has 0 aromatic carbocycles. The third kappa shape index (κ3) is 1.71. The van der Waals surface area contributed by atoms with Crippen LogP contribution in [0.2, 0.25) is 0 Å². The van der Waals surface area contributed by atoms with Gasteiger partial charge in [-0.2, -0.15) is 0 Å². The maximum Gasteiger partial charge on any atom is 0.305 e. The van der Waals surface area contributed by atoms with Crippen LogP contribution >= 0.6 is 0 Å². The van der Waals surface area contributed by atoms with E-state index in [4.69, 9.17) is 5.11 Å². The molecule has 0 aliphatic heterocycles. The average Bonchev–Trinajstić information content (AvgIpc) is 1.82. The first kappa shape index (κ1) is 8.53. The van der Waals surface area contributed by atoms with Crippen molar-refractivity contribution in [2.75, 3.05) is 7.05 Å². The van der Waals surface area contributed by atoms with Crippen LogP contribution in [0.5, 0.6) is 0 Å². The Morgan fingerprint density at radius 3 is 2.55 bits per heavy atom. The van der Waals surface area contributed by atoms with Crippen LogP contribution in [0.1, 0.15) is 26.2 Å². The molecule has 0 aromatic rings. The van der Waals surface area contributed by atoms with Crippen LogP contribution < -0.4 is 5.32 Å². The zero-order valence-corrected chi connectivity index (χ0v) is 7.05. The summed E-state index contributed by atoms with van der Waals surface area (Å²) in [5, 5.41) is 11.7. The van der Waals surface area contributed by atoms with Crippen molar-refractivity contribution in [3.63, 3.8) is 0 Å². The number of rotatable bonds is 3. The number of nitrogens with one attached hydrogen (secondary N) is 1. The Morgan fingerprint density at radius 2 is 2.27 bits per heavy atom. The fourth-order valence-electron chi connectivity index (χ4n) is 2.00. The zero-order valence-electron chi connectivity index (χ0n) is 7.05. The maximum absolute atomic E-state index is 10.4. The van der Waals surface area contributed by atoms with Gasteiger partial charge in [0, 0.05) is 5.54 Å². The van der Waals surface area contributed by atoms with E-state index in [9.17, 15) is 4.79 Å². The molecule has 0 radical (unpaired) electrons. The molecule has 0 amide bonds. The Labute approximate surface area is 66.8 Å². The summed E-state index contributed by atoms with van der Waals surface area (Å²) in [5.74, 6) is -0.0203. The van der Waals surface area contributed by atoms with Crippen LogP contribution in [0.4, 0.5) is 0 Å². The summed E-state index contributed by atoms with van der Waals surface area (Å²) in [4.78, 5) is 10.4. The van der Waals surface area contributed by atoms with Crippen molar-refractivity contribution in [3.05, 3.63) is 0 Å². The summed E-state index contributed by atoms with van der Waals surface area (Å²) in [7, 11) is 1.84. The second-order valence-corrected chi connectivity index (χ2v) is 3.61. The summed E-state index contributed by atoms with van der Waals surface area (Å²) in [6.45, 7) is 2.15. The van der Waals surface area contributed by atoms with Gasteiger partial charge < -0.3 is 10.4 Å². The highest BCUT2D eigenvalue weighted by molar-refractivity contribution is 5.68. The maximum atomic E-state index is 10.4. The van der Waals surface area contributed by atoms with Crippen LogP contribution in [-0.2, 0) is 4.79 Å². The molecule has 0 spiro atoms. The van der Waals surface area contributed by atoms with E-state index >= 15 is 0 Å². The van der Waals surface area contributed by atoms with Crippen molar-refractivity contribution in [3.8, 4) is 0 Å². The average molecular weight is 157 g/mol. The first-order valence-corrected chi connectivity index (χ1v) is 3.99. The molecule has 3 nitrogen and oxygen atoms in total. The molecule has 64 valence electrons. The highest BCUT2D eigenvalue weighted by Crippen LogP contribution is 2.39. The molecule has 11 heavy (non-hydrogen) atoms. The minimum absolute atomic E-state index is 0.0920. The van der Waals surface area contributed by atoms with Gasteiger partial charge in [0.05, 0.1) is 6.42 Å². The summed E-state index contributed by atoms with van der Waals surface area (Å²) in [6.07, 6.45) is 2.25. The van der Waals surface area contributed by atoms with Gasteiger partial charge in [0.15, 0.2) is 0 Å². The number of hydrogen-bond donors (Lipinski definition) is 2. The standard InChI is InChI=1S/C8H15NO2/c1-6-3-8(4-6,9-2)5-7(10)11/h6,9H,3-5H2,1-2H3,(H,10,11). The summed E-state index contributed by atoms with van der Waals surface area (Å²) in [6, 6.07) is 0. The van der Waals surface area contributed by atoms with Gasteiger partial charge in [-0.3, -0.25) is 4.79 Å². The summed E-state index contributed by atoms with van der Waals surface area (Å²) < 4.78 is 0. The fourth-order valence-corrected chi connectivity index (χ4v) is 2.00. The number of carbonyl (C=O) groups is 1. The number of aliphatic carboxylic acids is 1. The molecule has 0 bridgehead atoms. The Kier molecular flexibility index (Phi) is 2.18. The second kappa shape index (κ2) is 2.81. The summed E-state index contributed by atoms with van der Waals surface area (Å²) >= 11 is 0. The Hall–Kier alpha value is -0.570. The Balaban J connectivity index is 2.44. The van der Waals surface area contributed by atoms with E-state index in [1.807, 2.05) is 7.05 Å². The molecule has 0 unspecified atom stereocenters. The lowest BCUT2D eigenvalue weighted by Crippen LogP contribution is -2.54. The van der Waals surface area contributed by atoms with E-state index in [1.54, 1.807) is 0 Å². The quantitative estimate of drug-likeness (QED) is 0.638. The van der Waals surface area contributed by atoms with Crippen molar-refractivity contribution in [2.45, 2.75) is 31.7 Å². The lowest BCUT2D eigenvalue weighted by Gasteiger charge is -2.45. The van der Waals surface area contributed by atoms with Crippen LogP contribution in [0.25, 0.3) is 0 Å². The van der Waals surface area contributed by atoms with Crippen molar-refractivity contribution >= 4 is 5.97 Å². The lowest BCUT2D eigenvalue weighted by atomic mass is 9.67. The van der Waals surface area contributed by atoms with E-state index in [0.717, 1.165) is 12.8 Å². The van der Waals surface area contributed by atoms with Gasteiger partial charge in [-0.05, 0) is 25.8 Å². The number of carboxylic acids is 1. The highest BCUT2D eigenvalue weighted by atomic mass is 16.4. The normalized spacial score (nSPS) is 36.4. The van der Waals surface area contributed by atoms with Crippen LogP contribution in [-0.4, -0.2) is 23.7 Å². The van der Waals surface area contributed by atoms with Gasteiger partial charge in [0.25, 0.3) is 0 Å². The zero-order chi connectivity index (χ0) is 8.48. The predicted octanol–water partition coefficient (Wildman–Crippen LogP) is 0.849. The molecule has 3 heteroatoms. The van der Waals surface area contributed by atoms with Crippen LogP contribution in [0, 0.1) is 5.92 Å². The van der Waals surface area contributed by atoms with Crippen molar-refractivity contribution in [1.29, 1.82) is 0 Å². The lowest BCUT2D eigenvalue weighted by molar-refractivity contribution is -0.140. The number of hydrogen-bond acceptors (Lipinski definition) is 2. The van der Waals surface area contributed by atoms with Crippen molar-refractivity contribution in [2.24, 2.45) is 5.92 Å². The minimum Gasteiger partial charge on any atom is -0.481 e. The third-order valence-electron chi connectivity index (χ3n) is 2.50. The van der Waals surface area contributed by atoms with E-state index in [1.165, 1.54) is 0 Å². The Morgan fingerprint density at radius 1 is 1.73 bits per heavy atom. The monoisotopic (exact) mass is 157 g/mol. The van der Waals surface area contributed by atoms with Gasteiger partial charge in [0.1, 0.15) is 0 Å². The van der Waals surface area contributed by atoms with Gasteiger partial charge >= 0.3 is 5.97 Å². The fraction of sp³-hybridized carbons (Fsp3) is 0.875. The van der Waals surface area contributed by atoms with Crippen molar-refractivity contribution in [1.82, 2.24) is 5.32 Å². The van der Waals surface area contributed by atoms with E-state index in [-0.39, 0.29) is 12.0 Å². The first-order valence-electron chi connectivity index (χ1n) is 3.99. The van der Waals surface area contributed by atoms with Crippen LogP contribution in [0.15, 0.2) is 0 Å². The summed E-state index contributed by atoms with van der Waals surface area (Å²) in [5.41, 5.74) is -0.0920. The second-order valence-electron chi connectivity index (χ2n) is 3.61. The van der Waals surface area contributed by atoms with Gasteiger partial charge in [0.2, 0.25) is 0 Å². The van der Waals surface area contributed by atoms with E-state index in [0.29, 0.717) is 5.92 Å². The molecular weight excluding hydrogens is 142 g/mol. The molecular formula is C8H15NO2. The van der Waals surface area contributed by atoms with Gasteiger partial charge in [-0.25, -0.2) is 0 Å². The highest BCUT2D eigenvalue weighted by Gasteiger charge is 2.42. The van der Waals surface area contributed by atoms with Crippen molar-refractivity contribution < 1.29 is 9.90 Å². The number of carboxylic acid groups (broad SMARTS) is 1. The molecule has 1 aliphatic rings. The molecule has 1 aliphatic carbocycles. The largest absolute Gasteiger partial charge is 0.481 e. The predicted molar refractivity (Wildman–Crippen MR) is 42.4 cm³/mol. The molecule has 1 rings (SSSR count). The van der Waals surface area contributed by atoms with Gasteiger partial charge in [-0.1, -0.05) is 6.92 Å². The molecule has 1 saturated carbocycles. The molecule has 0 heterocycles. The van der Waals surface area contributed by atoms with Crippen LogP contribution in [0.3, 0.4) is 0 Å². The Bertz CT molecular complexity index is 161. The SMILES string of the molecule is CNC1(CC(=O)O)CC(C)C1. The minimum atomic E-state index is -0.703. The molecule has 0 saturated heterocycles. The smallest absolute Gasteiger partial charge is 0.305 e. The third-order valence-corrected chi connectivity index (χ3v) is 2.50.